The Kier molecular flexibility index (Phi) is 5.53. The number of hydrogen-bond acceptors (Lipinski definition) is 4. The molecule has 150 valence electrons. The number of aromatic nitrogens is 2. The third-order valence-electron chi connectivity index (χ3n) is 5.12. The van der Waals surface area contributed by atoms with Crippen molar-refractivity contribution in [3.05, 3.63) is 83.2 Å². The van der Waals surface area contributed by atoms with Crippen LogP contribution in [0.2, 0.25) is 0 Å². The normalized spacial score (nSPS) is 13.8. The Bertz CT molecular complexity index is 1070. The number of imidazole rings is 1. The molecule has 6 heteroatoms. The Morgan fingerprint density at radius 2 is 1.79 bits per heavy atom. The molecule has 0 radical (unpaired) electrons. The van der Waals surface area contributed by atoms with E-state index in [1.807, 2.05) is 33.4 Å². The van der Waals surface area contributed by atoms with E-state index in [2.05, 4.69) is 18.2 Å². The minimum Gasteiger partial charge on any atom is -0.504 e. The zero-order valence-electron chi connectivity index (χ0n) is 16.2. The van der Waals surface area contributed by atoms with Crippen LogP contribution < -0.4 is 10.4 Å². The topological polar surface area (TPSA) is 83.4 Å². The highest BCUT2D eigenvalue weighted by atomic mass is 16.5. The van der Waals surface area contributed by atoms with Gasteiger partial charge in [0.25, 0.3) is 0 Å². The van der Waals surface area contributed by atoms with Gasteiger partial charge in [-0.05, 0) is 36.6 Å². The quantitative estimate of drug-likeness (QED) is 0.579. The lowest BCUT2D eigenvalue weighted by molar-refractivity contribution is 0.0896. The van der Waals surface area contributed by atoms with Gasteiger partial charge in [-0.15, -0.1) is 0 Å². The van der Waals surface area contributed by atoms with E-state index in [1.165, 1.54) is 0 Å². The molecule has 0 amide bonds. The van der Waals surface area contributed by atoms with Crippen LogP contribution in [0, 0.1) is 5.41 Å². The number of benzene rings is 2. The molecule has 1 atom stereocenters. The van der Waals surface area contributed by atoms with Crippen molar-refractivity contribution < 1.29 is 14.9 Å². The standard InChI is InChI=1S/C23H25N3O3/c24-23-25(14-17-8-2-1-3-9-17)19-10-4-5-11-20(19)26(23)15-18(27)16-29-22-13-7-6-12-21(22)28/h1-3,5-9,11-13,18,24,27-28H,4,10,14-16H2. The van der Waals surface area contributed by atoms with Crippen LogP contribution >= 0.6 is 0 Å². The molecular formula is C23H25N3O3. The number of phenols is 1. The van der Waals surface area contributed by atoms with E-state index in [4.69, 9.17) is 10.1 Å². The zero-order chi connectivity index (χ0) is 20.2. The van der Waals surface area contributed by atoms with Gasteiger partial charge in [0.2, 0.25) is 5.62 Å². The molecular weight excluding hydrogens is 366 g/mol. The summed E-state index contributed by atoms with van der Waals surface area (Å²) in [5, 5.41) is 29.1. The number of nitrogens with one attached hydrogen (secondary N) is 1. The number of rotatable bonds is 7. The van der Waals surface area contributed by atoms with Crippen molar-refractivity contribution >= 4 is 6.08 Å². The molecule has 1 heterocycles. The van der Waals surface area contributed by atoms with Gasteiger partial charge in [0.1, 0.15) is 12.7 Å². The van der Waals surface area contributed by atoms with Crippen molar-refractivity contribution in [1.29, 1.82) is 5.41 Å². The SMILES string of the molecule is N=c1n(CC(O)COc2ccccc2O)c2c(n1Cc1ccccc1)CCC=C2. The second-order valence-electron chi connectivity index (χ2n) is 7.21. The van der Waals surface area contributed by atoms with Crippen molar-refractivity contribution in [3.63, 3.8) is 0 Å². The first kappa shape index (κ1) is 19.1. The molecule has 0 saturated heterocycles. The molecule has 1 aliphatic carbocycles. The molecule has 4 rings (SSSR count). The second-order valence-corrected chi connectivity index (χ2v) is 7.21. The summed E-state index contributed by atoms with van der Waals surface area (Å²) in [5.74, 6) is 0.383. The summed E-state index contributed by atoms with van der Waals surface area (Å²) < 4.78 is 9.42. The predicted octanol–water partition coefficient (Wildman–Crippen LogP) is 2.92. The third-order valence-corrected chi connectivity index (χ3v) is 5.12. The number of phenolic OH excluding ortho intramolecular Hbond substituents is 1. The molecule has 1 aliphatic rings. The maximum Gasteiger partial charge on any atom is 0.203 e. The van der Waals surface area contributed by atoms with E-state index >= 15 is 0 Å². The van der Waals surface area contributed by atoms with Gasteiger partial charge in [0.05, 0.1) is 18.8 Å². The van der Waals surface area contributed by atoms with Crippen molar-refractivity contribution in [2.75, 3.05) is 6.61 Å². The van der Waals surface area contributed by atoms with Crippen LogP contribution in [0.25, 0.3) is 6.08 Å². The number of fused-ring (bicyclic) bond motifs is 1. The predicted molar refractivity (Wildman–Crippen MR) is 111 cm³/mol. The number of aliphatic hydroxyl groups excluding tert-OH is 1. The van der Waals surface area contributed by atoms with E-state index in [9.17, 15) is 10.2 Å². The molecule has 3 aromatic rings. The van der Waals surface area contributed by atoms with Gasteiger partial charge >= 0.3 is 0 Å². The van der Waals surface area contributed by atoms with Crippen LogP contribution in [-0.4, -0.2) is 32.1 Å². The van der Waals surface area contributed by atoms with Crippen LogP contribution in [0.1, 0.15) is 23.4 Å². The minimum absolute atomic E-state index is 0.0341. The van der Waals surface area contributed by atoms with Gasteiger partial charge in [-0.25, -0.2) is 0 Å². The Hall–Kier alpha value is -3.25. The van der Waals surface area contributed by atoms with Crippen LogP contribution in [0.15, 0.2) is 60.7 Å². The van der Waals surface area contributed by atoms with Gasteiger partial charge in [0.15, 0.2) is 11.5 Å². The molecule has 6 nitrogen and oxygen atoms in total. The lowest BCUT2D eigenvalue weighted by atomic mass is 10.1. The third kappa shape index (κ3) is 4.12. The molecule has 0 fully saturated rings. The molecule has 1 unspecified atom stereocenters. The Balaban J connectivity index is 1.55. The molecule has 3 N–H and O–H groups in total. The second kappa shape index (κ2) is 8.41. The van der Waals surface area contributed by atoms with Crippen molar-refractivity contribution in [2.24, 2.45) is 0 Å². The number of para-hydroxylation sites is 2. The van der Waals surface area contributed by atoms with E-state index in [1.54, 1.807) is 24.3 Å². The van der Waals surface area contributed by atoms with Crippen LogP contribution in [0.4, 0.5) is 0 Å². The van der Waals surface area contributed by atoms with Crippen LogP contribution in [0.3, 0.4) is 0 Å². The maximum absolute atomic E-state index is 10.5. The van der Waals surface area contributed by atoms with Crippen LogP contribution in [0.5, 0.6) is 11.5 Å². The lowest BCUT2D eigenvalue weighted by Gasteiger charge is -2.15. The van der Waals surface area contributed by atoms with Gasteiger partial charge in [-0.3, -0.25) is 5.41 Å². The fourth-order valence-corrected chi connectivity index (χ4v) is 3.70. The van der Waals surface area contributed by atoms with Gasteiger partial charge in [0, 0.05) is 5.69 Å². The van der Waals surface area contributed by atoms with E-state index in [-0.39, 0.29) is 18.9 Å². The van der Waals surface area contributed by atoms with E-state index in [0.717, 1.165) is 29.8 Å². The minimum atomic E-state index is -0.810. The van der Waals surface area contributed by atoms with Crippen molar-refractivity contribution in [3.8, 4) is 11.5 Å². The highest BCUT2D eigenvalue weighted by Crippen LogP contribution is 2.24. The average Bonchev–Trinajstić information content (AvgIpc) is 3.00. The Morgan fingerprint density at radius 1 is 1.03 bits per heavy atom. The summed E-state index contributed by atoms with van der Waals surface area (Å²) in [6, 6.07) is 16.8. The molecule has 0 aliphatic heterocycles. The van der Waals surface area contributed by atoms with Crippen molar-refractivity contribution in [2.45, 2.75) is 32.0 Å². The maximum atomic E-state index is 10.5. The van der Waals surface area contributed by atoms with Crippen LogP contribution in [-0.2, 0) is 19.5 Å². The summed E-state index contributed by atoms with van der Waals surface area (Å²) in [4.78, 5) is 0. The lowest BCUT2D eigenvalue weighted by Crippen LogP contribution is -2.32. The molecule has 29 heavy (non-hydrogen) atoms. The average molecular weight is 391 g/mol. The number of nitrogens with zero attached hydrogens (tertiary/aromatic N) is 2. The Labute approximate surface area is 169 Å². The first-order chi connectivity index (χ1) is 14.1. The van der Waals surface area contributed by atoms with Gasteiger partial charge < -0.3 is 24.1 Å². The highest BCUT2D eigenvalue weighted by molar-refractivity contribution is 5.51. The first-order valence-electron chi connectivity index (χ1n) is 9.79. The largest absolute Gasteiger partial charge is 0.504 e. The first-order valence-corrected chi connectivity index (χ1v) is 9.79. The monoisotopic (exact) mass is 391 g/mol. The Morgan fingerprint density at radius 3 is 2.59 bits per heavy atom. The zero-order valence-corrected chi connectivity index (χ0v) is 16.2. The smallest absolute Gasteiger partial charge is 0.203 e. The van der Waals surface area contributed by atoms with Gasteiger partial charge in [-0.1, -0.05) is 48.5 Å². The molecule has 0 saturated carbocycles. The molecule has 1 aromatic heterocycles. The number of allylic oxidation sites excluding steroid dienone is 1. The number of ether oxygens (including phenoxy) is 1. The van der Waals surface area contributed by atoms with E-state index in [0.29, 0.717) is 17.9 Å². The summed E-state index contributed by atoms with van der Waals surface area (Å²) in [6.45, 7) is 0.917. The fraction of sp³-hybridized carbons (Fsp3) is 0.261. The number of aliphatic hydroxyl groups is 1. The molecule has 0 spiro atoms. The number of aromatic hydroxyl groups is 1. The highest BCUT2D eigenvalue weighted by Gasteiger charge is 2.20. The fourth-order valence-electron chi connectivity index (χ4n) is 3.70. The van der Waals surface area contributed by atoms with Crippen molar-refractivity contribution in [1.82, 2.24) is 9.13 Å². The summed E-state index contributed by atoms with van der Waals surface area (Å²) >= 11 is 0. The summed E-state index contributed by atoms with van der Waals surface area (Å²) in [5.41, 5.74) is 3.60. The summed E-state index contributed by atoms with van der Waals surface area (Å²) in [6.07, 6.45) is 5.16. The van der Waals surface area contributed by atoms with Gasteiger partial charge in [-0.2, -0.15) is 0 Å². The van der Waals surface area contributed by atoms with E-state index < -0.39 is 6.10 Å². The summed E-state index contributed by atoms with van der Waals surface area (Å²) in [7, 11) is 0. The molecule has 0 bridgehead atoms. The number of hydrogen-bond donors (Lipinski definition) is 3. The molecule has 2 aromatic carbocycles.